The summed E-state index contributed by atoms with van der Waals surface area (Å²) in [6.07, 6.45) is -0.423. The number of anilines is 1. The van der Waals surface area contributed by atoms with Crippen LogP contribution in [0, 0.1) is 5.82 Å². The molecule has 4 heterocycles. The predicted octanol–water partition coefficient (Wildman–Crippen LogP) is 2.09. The van der Waals surface area contributed by atoms with Gasteiger partial charge < -0.3 is 40.1 Å². The quantitative estimate of drug-likeness (QED) is 0.380. The molecule has 10 nitrogen and oxygen atoms in total. The fourth-order valence-electron chi connectivity index (χ4n) is 5.00. The van der Waals surface area contributed by atoms with Crippen LogP contribution in [0.3, 0.4) is 0 Å². The highest BCUT2D eigenvalue weighted by Gasteiger charge is 2.48. The maximum atomic E-state index is 14.9. The molecule has 0 spiro atoms. The molecule has 3 aliphatic rings. The van der Waals surface area contributed by atoms with E-state index in [4.69, 9.17) is 36.3 Å². The highest BCUT2D eigenvalue weighted by Crippen LogP contribution is 2.39. The lowest BCUT2D eigenvalue weighted by atomic mass is 10.1. The van der Waals surface area contributed by atoms with Crippen molar-refractivity contribution in [2.45, 2.75) is 43.3 Å². The maximum absolute atomic E-state index is 14.9. The third kappa shape index (κ3) is 4.17. The Morgan fingerprint density at radius 2 is 2.09 bits per heavy atom. The monoisotopic (exact) mass is 505 g/mol. The molecule has 2 aromatic heterocycles. The SMILES string of the molecule is NCCOc1cc(F)c2c(c1)CCC2Nc1nc2nc(O[C@@H]3COC4[C@H](O)CO[C@@H]43)[nH]c2cc1Cl. The molecule has 35 heavy (non-hydrogen) atoms. The summed E-state index contributed by atoms with van der Waals surface area (Å²) in [5.41, 5.74) is 7.94. The predicted molar refractivity (Wildman–Crippen MR) is 124 cm³/mol. The third-order valence-electron chi connectivity index (χ3n) is 6.59. The molecule has 3 aromatic rings. The van der Waals surface area contributed by atoms with Crippen molar-refractivity contribution in [3.63, 3.8) is 0 Å². The third-order valence-corrected chi connectivity index (χ3v) is 6.87. The molecule has 0 amide bonds. The molecule has 2 unspecified atom stereocenters. The first-order valence-electron chi connectivity index (χ1n) is 11.6. The van der Waals surface area contributed by atoms with Crippen LogP contribution in [0.25, 0.3) is 11.2 Å². The number of pyridine rings is 1. The zero-order valence-corrected chi connectivity index (χ0v) is 19.4. The Bertz CT molecular complexity index is 1260. The molecule has 5 N–H and O–H groups in total. The summed E-state index contributed by atoms with van der Waals surface area (Å²) in [6.45, 7) is 1.20. The van der Waals surface area contributed by atoms with Gasteiger partial charge >= 0.3 is 0 Å². The van der Waals surface area contributed by atoms with E-state index in [1.807, 2.05) is 6.07 Å². The zero-order valence-electron chi connectivity index (χ0n) is 18.7. The first-order chi connectivity index (χ1) is 17.0. The number of aromatic amines is 1. The van der Waals surface area contributed by atoms with Gasteiger partial charge in [0.25, 0.3) is 6.01 Å². The minimum atomic E-state index is -0.658. The molecule has 2 aliphatic heterocycles. The number of rotatable bonds is 7. The number of aromatic nitrogens is 3. The van der Waals surface area contributed by atoms with Gasteiger partial charge in [-0.3, -0.25) is 0 Å². The minimum absolute atomic E-state index is 0.217. The van der Waals surface area contributed by atoms with Crippen molar-refractivity contribution in [3.05, 3.63) is 40.2 Å². The van der Waals surface area contributed by atoms with E-state index in [-0.39, 0.29) is 37.2 Å². The fourth-order valence-corrected chi connectivity index (χ4v) is 5.20. The molecule has 1 aliphatic carbocycles. The Balaban J connectivity index is 1.20. The summed E-state index contributed by atoms with van der Waals surface area (Å²) in [5.74, 6) is 0.545. The van der Waals surface area contributed by atoms with Crippen molar-refractivity contribution in [1.82, 2.24) is 15.0 Å². The molecule has 0 bridgehead atoms. The van der Waals surface area contributed by atoms with Gasteiger partial charge in [0.05, 0.1) is 29.8 Å². The first kappa shape index (κ1) is 22.7. The van der Waals surface area contributed by atoms with Crippen molar-refractivity contribution in [2.24, 2.45) is 5.73 Å². The van der Waals surface area contributed by atoms with Crippen molar-refractivity contribution < 1.29 is 28.4 Å². The summed E-state index contributed by atoms with van der Waals surface area (Å²) < 4.78 is 37.5. The summed E-state index contributed by atoms with van der Waals surface area (Å²) in [4.78, 5) is 12.0. The second-order valence-electron chi connectivity index (χ2n) is 8.90. The average molecular weight is 506 g/mol. The van der Waals surface area contributed by atoms with E-state index < -0.39 is 18.3 Å². The van der Waals surface area contributed by atoms with Crippen molar-refractivity contribution in [1.29, 1.82) is 0 Å². The molecule has 186 valence electrons. The topological polar surface area (TPSA) is 137 Å². The lowest BCUT2D eigenvalue weighted by molar-refractivity contribution is 0.00706. The van der Waals surface area contributed by atoms with Crippen LogP contribution in [0.1, 0.15) is 23.6 Å². The van der Waals surface area contributed by atoms with Gasteiger partial charge in [0, 0.05) is 18.2 Å². The van der Waals surface area contributed by atoms with Gasteiger partial charge in [0.2, 0.25) is 0 Å². The largest absolute Gasteiger partial charge is 0.492 e. The number of aliphatic hydroxyl groups excluding tert-OH is 1. The standard InChI is InChI=1S/C23H25ClFN5O5/c24-12-7-15-22(30-23(28-15)35-17-9-34-19-16(31)8-33-20(17)19)29-21(12)27-14-2-1-10-5-11(32-4-3-26)6-13(25)18(10)14/h5-7,14,16-17,19-20,31H,1-4,8-9,26H2,(H2,27,28,29,30)/t14?,16-,17-,19?,20-/m1/s1. The smallest absolute Gasteiger partial charge is 0.296 e. The summed E-state index contributed by atoms with van der Waals surface area (Å²) in [7, 11) is 0. The Morgan fingerprint density at radius 3 is 2.94 bits per heavy atom. The molecule has 12 heteroatoms. The molecular formula is C23H25ClFN5O5. The van der Waals surface area contributed by atoms with Crippen molar-refractivity contribution in [2.75, 3.05) is 31.7 Å². The van der Waals surface area contributed by atoms with Crippen LogP contribution in [0.5, 0.6) is 11.8 Å². The van der Waals surface area contributed by atoms with E-state index in [1.54, 1.807) is 6.07 Å². The van der Waals surface area contributed by atoms with Gasteiger partial charge in [0.15, 0.2) is 11.8 Å². The first-order valence-corrected chi connectivity index (χ1v) is 11.9. The minimum Gasteiger partial charge on any atom is -0.492 e. The van der Waals surface area contributed by atoms with E-state index in [0.29, 0.717) is 59.3 Å². The Morgan fingerprint density at radius 1 is 1.23 bits per heavy atom. The van der Waals surface area contributed by atoms with Crippen molar-refractivity contribution >= 4 is 28.6 Å². The number of nitrogens with two attached hydrogens (primary N) is 1. The van der Waals surface area contributed by atoms with Crippen molar-refractivity contribution in [3.8, 4) is 11.8 Å². The number of ether oxygens (including phenoxy) is 4. The van der Waals surface area contributed by atoms with Crippen LogP contribution < -0.4 is 20.5 Å². The molecule has 1 aromatic carbocycles. The number of imidazole rings is 1. The van der Waals surface area contributed by atoms with Gasteiger partial charge in [-0.1, -0.05) is 11.6 Å². The lowest BCUT2D eigenvalue weighted by Crippen LogP contribution is -2.34. The van der Waals surface area contributed by atoms with Gasteiger partial charge in [-0.25, -0.2) is 9.37 Å². The molecular weight excluding hydrogens is 481 g/mol. The number of aryl methyl sites for hydroxylation is 1. The normalized spacial score (nSPS) is 27.3. The van der Waals surface area contributed by atoms with E-state index in [0.717, 1.165) is 5.56 Å². The highest BCUT2D eigenvalue weighted by atomic mass is 35.5. The van der Waals surface area contributed by atoms with Crippen LogP contribution in [-0.2, 0) is 15.9 Å². The second-order valence-corrected chi connectivity index (χ2v) is 9.31. The number of nitrogens with zero attached hydrogens (tertiary/aromatic N) is 2. The van der Waals surface area contributed by atoms with E-state index in [1.165, 1.54) is 6.07 Å². The van der Waals surface area contributed by atoms with E-state index in [9.17, 15) is 9.50 Å². The summed E-state index contributed by atoms with van der Waals surface area (Å²) >= 11 is 6.49. The number of hydrogen-bond acceptors (Lipinski definition) is 9. The van der Waals surface area contributed by atoms with Crippen LogP contribution >= 0.6 is 11.6 Å². The Labute approximate surface area is 204 Å². The number of fused-ring (bicyclic) bond motifs is 3. The van der Waals surface area contributed by atoms with E-state index in [2.05, 4.69) is 20.3 Å². The van der Waals surface area contributed by atoms with Gasteiger partial charge in [0.1, 0.15) is 42.3 Å². The van der Waals surface area contributed by atoms with Crippen LogP contribution in [0.2, 0.25) is 5.02 Å². The van der Waals surface area contributed by atoms with Crippen LogP contribution in [0.15, 0.2) is 18.2 Å². The molecule has 2 fully saturated rings. The number of aliphatic hydroxyl groups is 1. The maximum Gasteiger partial charge on any atom is 0.296 e. The number of benzene rings is 1. The summed E-state index contributed by atoms with van der Waals surface area (Å²) in [5, 5.41) is 13.6. The number of halogens is 2. The van der Waals surface area contributed by atoms with Crippen LogP contribution in [-0.4, -0.2) is 70.8 Å². The molecule has 2 saturated heterocycles. The highest BCUT2D eigenvalue weighted by molar-refractivity contribution is 6.33. The summed E-state index contributed by atoms with van der Waals surface area (Å²) in [6, 6.07) is 4.90. The molecule has 0 radical (unpaired) electrons. The lowest BCUT2D eigenvalue weighted by Gasteiger charge is -2.17. The fraction of sp³-hybridized carbons (Fsp3) is 0.478. The van der Waals surface area contributed by atoms with E-state index >= 15 is 0 Å². The van der Waals surface area contributed by atoms with Gasteiger partial charge in [-0.15, -0.1) is 0 Å². The molecule has 5 atom stereocenters. The average Bonchev–Trinajstić information content (AvgIpc) is 3.59. The number of hydrogen-bond donors (Lipinski definition) is 4. The molecule has 0 saturated carbocycles. The number of H-pyrrole nitrogens is 1. The zero-order chi connectivity index (χ0) is 24.1. The van der Waals surface area contributed by atoms with Gasteiger partial charge in [-0.05, 0) is 30.5 Å². The van der Waals surface area contributed by atoms with Gasteiger partial charge in [-0.2, -0.15) is 4.98 Å². The Hall–Kier alpha value is -2.70. The molecule has 6 rings (SSSR count). The second kappa shape index (κ2) is 9.07. The Kier molecular flexibility index (Phi) is 5.89. The van der Waals surface area contributed by atoms with Crippen LogP contribution in [0.4, 0.5) is 10.2 Å². The number of nitrogens with one attached hydrogen (secondary N) is 2.